The summed E-state index contributed by atoms with van der Waals surface area (Å²) in [6.45, 7) is 0.454. The fourth-order valence-electron chi connectivity index (χ4n) is 1.19. The lowest BCUT2D eigenvalue weighted by Gasteiger charge is -2.13. The van der Waals surface area contributed by atoms with Gasteiger partial charge in [-0.3, -0.25) is 4.79 Å². The highest BCUT2D eigenvalue weighted by atomic mass is 79.9. The van der Waals surface area contributed by atoms with Gasteiger partial charge in [-0.05, 0) is 17.7 Å². The summed E-state index contributed by atoms with van der Waals surface area (Å²) < 4.78 is 10.7. The van der Waals surface area contributed by atoms with Gasteiger partial charge in [0.15, 0.2) is 0 Å². The maximum atomic E-state index is 11.5. The lowest BCUT2D eigenvalue weighted by Crippen LogP contribution is -2.36. The largest absolute Gasteiger partial charge is 0.348 e. The van der Waals surface area contributed by atoms with Crippen molar-refractivity contribution in [2.24, 2.45) is 0 Å². The SMILES string of the molecule is COC(OC)C(=O)NCc1ccc(Br)cc1. The van der Waals surface area contributed by atoms with Gasteiger partial charge in [0, 0.05) is 25.2 Å². The van der Waals surface area contributed by atoms with Crippen molar-refractivity contribution in [3.63, 3.8) is 0 Å². The van der Waals surface area contributed by atoms with Gasteiger partial charge in [0.2, 0.25) is 6.29 Å². The highest BCUT2D eigenvalue weighted by Gasteiger charge is 2.15. The number of ether oxygens (including phenoxy) is 2. The van der Waals surface area contributed by atoms with Crippen molar-refractivity contribution in [3.8, 4) is 0 Å². The minimum atomic E-state index is -0.851. The Morgan fingerprint density at radius 1 is 1.31 bits per heavy atom. The number of amides is 1. The van der Waals surface area contributed by atoms with E-state index in [0.717, 1.165) is 10.0 Å². The normalized spacial score (nSPS) is 10.5. The molecule has 0 unspecified atom stereocenters. The highest BCUT2D eigenvalue weighted by molar-refractivity contribution is 9.10. The third-order valence-electron chi connectivity index (χ3n) is 2.02. The minimum absolute atomic E-state index is 0.284. The van der Waals surface area contributed by atoms with Crippen LogP contribution in [0.15, 0.2) is 28.7 Å². The Balaban J connectivity index is 2.45. The molecule has 1 amide bonds. The maximum Gasteiger partial charge on any atom is 0.277 e. The Morgan fingerprint density at radius 2 is 1.88 bits per heavy atom. The van der Waals surface area contributed by atoms with Gasteiger partial charge >= 0.3 is 0 Å². The predicted octanol–water partition coefficient (Wildman–Crippen LogP) is 1.68. The van der Waals surface area contributed by atoms with E-state index in [4.69, 9.17) is 9.47 Å². The third-order valence-corrected chi connectivity index (χ3v) is 2.55. The Bertz CT molecular complexity index is 336. The zero-order valence-corrected chi connectivity index (χ0v) is 10.8. The molecule has 1 aromatic carbocycles. The van der Waals surface area contributed by atoms with E-state index in [1.54, 1.807) is 0 Å². The van der Waals surface area contributed by atoms with Crippen LogP contribution in [0.4, 0.5) is 0 Å². The molecular formula is C11H14BrNO3. The van der Waals surface area contributed by atoms with Crippen LogP contribution in [0.3, 0.4) is 0 Å². The number of carbonyl (C=O) groups excluding carboxylic acids is 1. The van der Waals surface area contributed by atoms with Crippen LogP contribution in [-0.2, 0) is 20.8 Å². The van der Waals surface area contributed by atoms with Crippen LogP contribution in [0.2, 0.25) is 0 Å². The van der Waals surface area contributed by atoms with Crippen molar-refractivity contribution >= 4 is 21.8 Å². The summed E-state index contributed by atoms with van der Waals surface area (Å²) in [6.07, 6.45) is -0.851. The van der Waals surface area contributed by atoms with E-state index in [9.17, 15) is 4.79 Å². The molecular weight excluding hydrogens is 274 g/mol. The molecule has 0 saturated heterocycles. The molecule has 5 heteroatoms. The second kappa shape index (κ2) is 6.62. The average molecular weight is 288 g/mol. The molecule has 0 aromatic heterocycles. The molecule has 0 radical (unpaired) electrons. The Labute approximate surface area is 103 Å². The van der Waals surface area contributed by atoms with Gasteiger partial charge < -0.3 is 14.8 Å². The second-order valence-corrected chi connectivity index (χ2v) is 4.06. The van der Waals surface area contributed by atoms with E-state index in [0.29, 0.717) is 6.54 Å². The van der Waals surface area contributed by atoms with E-state index in [1.807, 2.05) is 24.3 Å². The van der Waals surface area contributed by atoms with Gasteiger partial charge in [0.05, 0.1) is 0 Å². The van der Waals surface area contributed by atoms with Crippen LogP contribution >= 0.6 is 15.9 Å². The molecule has 0 aliphatic carbocycles. The summed E-state index contributed by atoms with van der Waals surface area (Å²) in [5, 5.41) is 2.72. The number of nitrogens with one attached hydrogen (secondary N) is 1. The minimum Gasteiger partial charge on any atom is -0.348 e. The molecule has 0 spiro atoms. The summed E-state index contributed by atoms with van der Waals surface area (Å²) in [7, 11) is 2.85. The van der Waals surface area contributed by atoms with Crippen LogP contribution in [0.5, 0.6) is 0 Å². The van der Waals surface area contributed by atoms with Crippen LogP contribution in [0.1, 0.15) is 5.56 Å². The summed E-state index contributed by atoms with van der Waals surface area (Å²) in [4.78, 5) is 11.5. The van der Waals surface area contributed by atoms with Crippen molar-refractivity contribution < 1.29 is 14.3 Å². The lowest BCUT2D eigenvalue weighted by molar-refractivity contribution is -0.159. The first-order valence-corrected chi connectivity index (χ1v) is 5.54. The van der Waals surface area contributed by atoms with Crippen molar-refractivity contribution in [3.05, 3.63) is 34.3 Å². The molecule has 88 valence electrons. The molecule has 0 atom stereocenters. The lowest BCUT2D eigenvalue weighted by atomic mass is 10.2. The standard InChI is InChI=1S/C11H14BrNO3/c1-15-11(16-2)10(14)13-7-8-3-5-9(12)6-4-8/h3-6,11H,7H2,1-2H3,(H,13,14). The first-order chi connectivity index (χ1) is 7.67. The van der Waals surface area contributed by atoms with Gasteiger partial charge in [-0.25, -0.2) is 0 Å². The molecule has 0 saturated carbocycles. The van der Waals surface area contributed by atoms with Gasteiger partial charge in [-0.15, -0.1) is 0 Å². The van der Waals surface area contributed by atoms with Crippen molar-refractivity contribution in [2.75, 3.05) is 14.2 Å². The molecule has 1 rings (SSSR count). The van der Waals surface area contributed by atoms with Crippen LogP contribution in [0, 0.1) is 0 Å². The fourth-order valence-corrected chi connectivity index (χ4v) is 1.45. The van der Waals surface area contributed by atoms with Crippen LogP contribution < -0.4 is 5.32 Å². The zero-order chi connectivity index (χ0) is 12.0. The molecule has 1 N–H and O–H groups in total. The second-order valence-electron chi connectivity index (χ2n) is 3.15. The van der Waals surface area contributed by atoms with E-state index in [1.165, 1.54) is 14.2 Å². The van der Waals surface area contributed by atoms with E-state index in [-0.39, 0.29) is 5.91 Å². The average Bonchev–Trinajstić information content (AvgIpc) is 2.30. The van der Waals surface area contributed by atoms with Gasteiger partial charge in [-0.1, -0.05) is 28.1 Å². The quantitative estimate of drug-likeness (QED) is 0.839. The zero-order valence-electron chi connectivity index (χ0n) is 9.20. The number of hydrogen-bond donors (Lipinski definition) is 1. The Morgan fingerprint density at radius 3 is 2.38 bits per heavy atom. The monoisotopic (exact) mass is 287 g/mol. The van der Waals surface area contributed by atoms with E-state index < -0.39 is 6.29 Å². The third kappa shape index (κ3) is 3.92. The van der Waals surface area contributed by atoms with Crippen molar-refractivity contribution in [1.82, 2.24) is 5.32 Å². The smallest absolute Gasteiger partial charge is 0.277 e. The molecule has 4 nitrogen and oxygen atoms in total. The van der Waals surface area contributed by atoms with Crippen LogP contribution in [0.25, 0.3) is 0 Å². The Hall–Kier alpha value is -0.910. The number of carbonyl (C=O) groups is 1. The fraction of sp³-hybridized carbons (Fsp3) is 0.364. The molecule has 0 bridgehead atoms. The molecule has 0 aliphatic rings. The molecule has 0 fully saturated rings. The first-order valence-electron chi connectivity index (χ1n) is 4.75. The number of halogens is 1. The number of benzene rings is 1. The maximum absolute atomic E-state index is 11.5. The number of methoxy groups -OCH3 is 2. The number of rotatable bonds is 5. The first kappa shape index (κ1) is 13.2. The summed E-state index contributed by atoms with van der Waals surface area (Å²) in [5.74, 6) is -0.284. The van der Waals surface area contributed by atoms with Gasteiger partial charge in [-0.2, -0.15) is 0 Å². The van der Waals surface area contributed by atoms with Crippen molar-refractivity contribution in [1.29, 1.82) is 0 Å². The van der Waals surface area contributed by atoms with E-state index in [2.05, 4.69) is 21.2 Å². The summed E-state index contributed by atoms with van der Waals surface area (Å²) >= 11 is 3.34. The Kier molecular flexibility index (Phi) is 5.45. The number of hydrogen-bond acceptors (Lipinski definition) is 3. The van der Waals surface area contributed by atoms with E-state index >= 15 is 0 Å². The molecule has 0 heterocycles. The highest BCUT2D eigenvalue weighted by Crippen LogP contribution is 2.10. The van der Waals surface area contributed by atoms with Crippen LogP contribution in [-0.4, -0.2) is 26.4 Å². The van der Waals surface area contributed by atoms with Crippen molar-refractivity contribution in [2.45, 2.75) is 12.8 Å². The molecule has 1 aromatic rings. The molecule has 16 heavy (non-hydrogen) atoms. The predicted molar refractivity (Wildman–Crippen MR) is 63.8 cm³/mol. The summed E-state index contributed by atoms with van der Waals surface area (Å²) in [6, 6.07) is 7.70. The molecule has 0 aliphatic heterocycles. The van der Waals surface area contributed by atoms with Gasteiger partial charge in [0.25, 0.3) is 5.91 Å². The topological polar surface area (TPSA) is 47.6 Å². The summed E-state index contributed by atoms with van der Waals surface area (Å²) in [5.41, 5.74) is 1.02. The van der Waals surface area contributed by atoms with Gasteiger partial charge in [0.1, 0.15) is 0 Å².